The minimum Gasteiger partial charge on any atom is -1.00 e. The Morgan fingerprint density at radius 1 is 1.18 bits per heavy atom. The largest absolute Gasteiger partial charge is 1.00 e. The number of hydrogen-bond donors (Lipinski definition) is 1. The second kappa shape index (κ2) is 9.87. The van der Waals surface area contributed by atoms with Crippen molar-refractivity contribution in [2.75, 3.05) is 0 Å². The smallest absolute Gasteiger partial charge is 1.00 e. The van der Waals surface area contributed by atoms with Crippen molar-refractivity contribution in [1.29, 1.82) is 0 Å². The van der Waals surface area contributed by atoms with E-state index in [9.17, 15) is 4.79 Å². The molecule has 0 aliphatic heterocycles. The van der Waals surface area contributed by atoms with Gasteiger partial charge in [0.25, 0.3) is 0 Å². The Balaban J connectivity index is 0.00000220. The van der Waals surface area contributed by atoms with E-state index in [0.717, 1.165) is 23.1 Å². The van der Waals surface area contributed by atoms with E-state index in [1.807, 2.05) is 32.0 Å². The van der Waals surface area contributed by atoms with Gasteiger partial charge in [-0.1, -0.05) is 0 Å². The zero-order valence-corrected chi connectivity index (χ0v) is 18.5. The van der Waals surface area contributed by atoms with Crippen LogP contribution in [0.4, 0.5) is 0 Å². The van der Waals surface area contributed by atoms with Crippen LogP contribution in [0.25, 0.3) is 0 Å². The second-order valence-electron chi connectivity index (χ2n) is 5.61. The van der Waals surface area contributed by atoms with E-state index < -0.39 is 27.1 Å². The number of rotatable bonds is 4. The van der Waals surface area contributed by atoms with Crippen LogP contribution in [0, 0.1) is 13.8 Å². The summed E-state index contributed by atoms with van der Waals surface area (Å²) in [6.45, 7) is 8.79. The fraction of sp³-hybridized carbons (Fsp3) is 0.312. The summed E-state index contributed by atoms with van der Waals surface area (Å²) in [6.07, 6.45) is 7.65. The van der Waals surface area contributed by atoms with Gasteiger partial charge in [-0.05, 0) is 0 Å². The van der Waals surface area contributed by atoms with Crippen molar-refractivity contribution < 1.29 is 50.8 Å². The summed E-state index contributed by atoms with van der Waals surface area (Å²) in [5.74, 6) is -0.637. The Bertz CT molecular complexity index is 567. The maximum Gasteiger partial charge on any atom is -1.00 e. The normalized spacial score (nSPS) is 12.3. The van der Waals surface area contributed by atoms with E-state index in [1.54, 1.807) is 3.28 Å². The van der Waals surface area contributed by atoms with Crippen molar-refractivity contribution in [3.8, 4) is 0 Å². The molecule has 0 aromatic heterocycles. The second-order valence-corrected chi connectivity index (χ2v) is 24.1. The maximum absolute atomic E-state index is 12.7. The molecule has 0 saturated carbocycles. The third-order valence-electron chi connectivity index (χ3n) is 3.65. The zero-order valence-electron chi connectivity index (χ0n) is 13.4. The molecular weight excluding hydrogens is 412 g/mol. The first-order valence-corrected chi connectivity index (χ1v) is 16.7. The first-order valence-electron chi connectivity index (χ1n) is 7.11. The number of carbonyl (C=O) groups excluding carboxylic acids is 1. The molecule has 0 atom stereocenters. The maximum atomic E-state index is 12.7. The predicted octanol–water partition coefficient (Wildman–Crippen LogP) is -2.60. The fourth-order valence-corrected chi connectivity index (χ4v) is 16.1. The van der Waals surface area contributed by atoms with Gasteiger partial charge in [0.05, 0.1) is 0 Å². The Morgan fingerprint density at radius 2 is 1.77 bits per heavy atom. The molecule has 0 bridgehead atoms. The molecule has 0 unspecified atom stereocenters. The van der Waals surface area contributed by atoms with Crippen LogP contribution < -0.4 is 28.1 Å². The van der Waals surface area contributed by atoms with Gasteiger partial charge in [-0.3, -0.25) is 0 Å². The number of halogens is 2. The van der Waals surface area contributed by atoms with Crippen LogP contribution in [0.5, 0.6) is 0 Å². The number of benzene rings is 1. The molecule has 2 rings (SSSR count). The van der Waals surface area contributed by atoms with Crippen molar-refractivity contribution in [2.45, 2.75) is 33.4 Å². The first-order chi connectivity index (χ1) is 9.50. The van der Waals surface area contributed by atoms with Crippen LogP contribution >= 0.6 is 0 Å². The van der Waals surface area contributed by atoms with Crippen LogP contribution in [0.2, 0.25) is 13.1 Å². The molecule has 0 spiro atoms. The summed E-state index contributed by atoms with van der Waals surface area (Å²) in [5, 5.41) is 0. The number of amides is 1. The van der Waals surface area contributed by atoms with E-state index in [0.29, 0.717) is 0 Å². The van der Waals surface area contributed by atoms with E-state index in [1.165, 1.54) is 0 Å². The standard InChI is InChI=1S/C9H11NO.C5H5.C2H7Si.2ClH.Zr/c1-6-4-3-5-7(2)8(6)9(10)11;1-2-4-5-3-1;1-3-2;;;/h3-5H,1-2H3,(H2,10,11);1-3H,4H2;3H,1-2H3;2*1H;/q;;;;;+3/p-3. The first kappa shape index (κ1) is 21.9. The molecule has 1 N–H and O–H groups in total. The summed E-state index contributed by atoms with van der Waals surface area (Å²) < 4.78 is 5.02. The molecule has 0 heterocycles. The molecule has 0 radical (unpaired) electrons. The summed E-state index contributed by atoms with van der Waals surface area (Å²) in [6, 6.07) is 6.06. The molecule has 0 saturated heterocycles. The van der Waals surface area contributed by atoms with Gasteiger partial charge in [0.15, 0.2) is 0 Å². The molecule has 0 fully saturated rings. The molecule has 1 aliphatic carbocycles. The molecular formula is C16H22Cl2NOSiZr. The molecule has 119 valence electrons. The summed E-state index contributed by atoms with van der Waals surface area (Å²) in [4.78, 5) is 12.7. The van der Waals surface area contributed by atoms with Crippen molar-refractivity contribution in [3.63, 3.8) is 0 Å². The third-order valence-corrected chi connectivity index (χ3v) is 20.2. The van der Waals surface area contributed by atoms with Gasteiger partial charge >= 0.3 is 131 Å². The SMILES string of the molecule is Cc1cccc(C)c1C(=O)[NH][Zr+2]([C]1=CC=CC1)[SiH](C)C.[Cl-].[Cl-]. The third kappa shape index (κ3) is 5.19. The van der Waals surface area contributed by atoms with Crippen LogP contribution in [0.15, 0.2) is 39.7 Å². The monoisotopic (exact) mass is 432 g/mol. The fourth-order valence-electron chi connectivity index (χ4n) is 2.60. The topological polar surface area (TPSA) is 29.1 Å². The van der Waals surface area contributed by atoms with E-state index in [-0.39, 0.29) is 30.7 Å². The summed E-state index contributed by atoms with van der Waals surface area (Å²) in [5.41, 5.74) is 3.04. The Morgan fingerprint density at radius 3 is 2.23 bits per heavy atom. The molecule has 1 aromatic carbocycles. The minimum atomic E-state index is -1.93. The number of aryl methyl sites for hydroxylation is 2. The average molecular weight is 435 g/mol. The Hall–Kier alpha value is -0.150. The van der Waals surface area contributed by atoms with Crippen LogP contribution in [0.3, 0.4) is 0 Å². The molecule has 2 nitrogen and oxygen atoms in total. The van der Waals surface area contributed by atoms with Crippen molar-refractivity contribution in [1.82, 2.24) is 3.26 Å². The van der Waals surface area contributed by atoms with Gasteiger partial charge < -0.3 is 24.8 Å². The van der Waals surface area contributed by atoms with Crippen molar-refractivity contribution in [2.24, 2.45) is 0 Å². The Kier molecular flexibility index (Phi) is 9.80. The van der Waals surface area contributed by atoms with E-state index >= 15 is 0 Å². The van der Waals surface area contributed by atoms with Gasteiger partial charge in [0.1, 0.15) is 0 Å². The van der Waals surface area contributed by atoms with Crippen LogP contribution in [0.1, 0.15) is 27.9 Å². The molecule has 1 amide bonds. The number of hydrogen-bond acceptors (Lipinski definition) is 1. The number of nitrogens with one attached hydrogen (secondary N) is 1. The molecule has 22 heavy (non-hydrogen) atoms. The van der Waals surface area contributed by atoms with Gasteiger partial charge in [-0.25, -0.2) is 0 Å². The average Bonchev–Trinajstić information content (AvgIpc) is 2.88. The van der Waals surface area contributed by atoms with Gasteiger partial charge in [-0.2, -0.15) is 0 Å². The van der Waals surface area contributed by atoms with Gasteiger partial charge in [-0.15, -0.1) is 0 Å². The van der Waals surface area contributed by atoms with E-state index in [4.69, 9.17) is 0 Å². The Labute approximate surface area is 154 Å². The number of allylic oxidation sites excluding steroid dienone is 4. The summed E-state index contributed by atoms with van der Waals surface area (Å²) >= 11 is -1.93. The van der Waals surface area contributed by atoms with Crippen LogP contribution in [-0.4, -0.2) is 11.8 Å². The zero-order chi connectivity index (χ0) is 14.7. The van der Waals surface area contributed by atoms with Crippen molar-refractivity contribution in [3.05, 3.63) is 56.4 Å². The summed E-state index contributed by atoms with van der Waals surface area (Å²) in [7, 11) is 0. The van der Waals surface area contributed by atoms with Gasteiger partial charge in [0.2, 0.25) is 0 Å². The van der Waals surface area contributed by atoms with Crippen molar-refractivity contribution >= 4 is 11.8 Å². The van der Waals surface area contributed by atoms with Gasteiger partial charge in [0, 0.05) is 0 Å². The van der Waals surface area contributed by atoms with Crippen LogP contribution in [-0.2, 0) is 21.2 Å². The minimum absolute atomic E-state index is 0. The molecule has 6 heteroatoms. The van der Waals surface area contributed by atoms with E-state index in [2.05, 4.69) is 34.6 Å². The predicted molar refractivity (Wildman–Crippen MR) is 84.1 cm³/mol. The quantitative estimate of drug-likeness (QED) is 0.518. The molecule has 1 aliphatic rings. The molecule has 1 aromatic rings. The number of carbonyl (C=O) groups is 1.